The molecule has 0 bridgehead atoms. The molecule has 0 aromatic rings. The first-order valence-corrected chi connectivity index (χ1v) is 22.5. The Morgan fingerprint density at radius 2 is 0.708 bits per heavy atom. The molecule has 0 aliphatic heterocycles. The lowest BCUT2D eigenvalue weighted by Crippen LogP contribution is -2.30. The summed E-state index contributed by atoms with van der Waals surface area (Å²) in [5.41, 5.74) is 0. The Morgan fingerprint density at radius 1 is 0.396 bits per heavy atom. The molecule has 0 saturated carbocycles. The molecular formula is C45H92N2O. The minimum absolute atomic E-state index is 0.106. The molecule has 0 aliphatic carbocycles. The van der Waals surface area contributed by atoms with Crippen LogP contribution >= 0.6 is 0 Å². The van der Waals surface area contributed by atoms with E-state index in [9.17, 15) is 4.79 Å². The van der Waals surface area contributed by atoms with Crippen molar-refractivity contribution in [3.8, 4) is 0 Å². The zero-order chi connectivity index (χ0) is 35.2. The van der Waals surface area contributed by atoms with Crippen molar-refractivity contribution >= 4 is 5.91 Å². The molecule has 0 aliphatic rings. The van der Waals surface area contributed by atoms with Crippen LogP contribution in [0.15, 0.2) is 0 Å². The third kappa shape index (κ3) is 35.3. The monoisotopic (exact) mass is 677 g/mol. The van der Waals surface area contributed by atoms with E-state index in [0.717, 1.165) is 31.3 Å². The van der Waals surface area contributed by atoms with Gasteiger partial charge in [0.25, 0.3) is 0 Å². The lowest BCUT2D eigenvalue weighted by atomic mass is 9.89. The summed E-state index contributed by atoms with van der Waals surface area (Å²) in [6, 6.07) is 0. The van der Waals surface area contributed by atoms with Crippen LogP contribution in [-0.4, -0.2) is 37.0 Å². The zero-order valence-corrected chi connectivity index (χ0v) is 34.2. The fourth-order valence-corrected chi connectivity index (χ4v) is 7.88. The van der Waals surface area contributed by atoms with E-state index in [2.05, 4.69) is 37.9 Å². The van der Waals surface area contributed by atoms with Crippen LogP contribution in [0.2, 0.25) is 0 Å². The van der Waals surface area contributed by atoms with Crippen molar-refractivity contribution in [2.75, 3.05) is 26.2 Å². The van der Waals surface area contributed by atoms with Crippen LogP contribution in [0, 0.1) is 11.8 Å². The normalized spacial score (nSPS) is 13.0. The summed E-state index contributed by atoms with van der Waals surface area (Å²) in [7, 11) is 0. The van der Waals surface area contributed by atoms with Crippen LogP contribution in [0.25, 0.3) is 0 Å². The predicted octanol–water partition coefficient (Wildman–Crippen LogP) is 14.6. The summed E-state index contributed by atoms with van der Waals surface area (Å²) in [5, 5.41) is 3.01. The van der Waals surface area contributed by atoms with Gasteiger partial charge in [0.05, 0.1) is 0 Å². The number of unbranched alkanes of at least 4 members (excludes halogenated alkanes) is 20. The van der Waals surface area contributed by atoms with Crippen molar-refractivity contribution in [3.05, 3.63) is 0 Å². The summed E-state index contributed by atoms with van der Waals surface area (Å²) in [6.45, 7) is 15.4. The Morgan fingerprint density at radius 3 is 1.08 bits per heavy atom. The average Bonchev–Trinajstić information content (AvgIpc) is 3.08. The average molecular weight is 677 g/mol. The van der Waals surface area contributed by atoms with Crippen LogP contribution in [-0.2, 0) is 4.79 Å². The topological polar surface area (TPSA) is 32.3 Å². The highest BCUT2D eigenvalue weighted by Crippen LogP contribution is 2.25. The second kappa shape index (κ2) is 39.2. The fraction of sp³-hybridized carbons (Fsp3) is 0.978. The van der Waals surface area contributed by atoms with Gasteiger partial charge in [0, 0.05) is 13.5 Å². The molecule has 3 nitrogen and oxygen atoms in total. The minimum atomic E-state index is 0.106. The number of carbonyl (C=O) groups is 1. The predicted molar refractivity (Wildman–Crippen MR) is 217 cm³/mol. The molecule has 0 saturated heterocycles. The van der Waals surface area contributed by atoms with Crippen LogP contribution in [0.3, 0.4) is 0 Å². The summed E-state index contributed by atoms with van der Waals surface area (Å²) in [6.07, 6.45) is 46.8. The summed E-state index contributed by atoms with van der Waals surface area (Å²) < 4.78 is 0. The van der Waals surface area contributed by atoms with Crippen LogP contribution in [0.5, 0.6) is 0 Å². The van der Waals surface area contributed by atoms with E-state index in [1.54, 1.807) is 6.92 Å². The Bertz CT molecular complexity index is 622. The Hall–Kier alpha value is -0.570. The van der Waals surface area contributed by atoms with Gasteiger partial charge in [-0.1, -0.05) is 220 Å². The van der Waals surface area contributed by atoms with Gasteiger partial charge in [0.1, 0.15) is 0 Å². The molecule has 0 rings (SSSR count). The van der Waals surface area contributed by atoms with Crippen LogP contribution in [0.1, 0.15) is 247 Å². The first kappa shape index (κ1) is 47.4. The maximum atomic E-state index is 11.3. The number of hydrogen-bond acceptors (Lipinski definition) is 2. The molecule has 2 atom stereocenters. The summed E-state index contributed by atoms with van der Waals surface area (Å²) in [4.78, 5) is 14.1. The molecule has 3 heteroatoms. The Kier molecular flexibility index (Phi) is 38.8. The maximum absolute atomic E-state index is 11.3. The number of nitrogens with zero attached hydrogens (tertiary/aromatic N) is 1. The highest BCUT2D eigenvalue weighted by molar-refractivity contribution is 5.72. The zero-order valence-electron chi connectivity index (χ0n) is 34.2. The molecule has 2 unspecified atom stereocenters. The highest BCUT2D eigenvalue weighted by Gasteiger charge is 2.10. The van der Waals surface area contributed by atoms with Crippen molar-refractivity contribution in [2.24, 2.45) is 11.8 Å². The smallest absolute Gasteiger partial charge is 0.216 e. The van der Waals surface area contributed by atoms with Crippen molar-refractivity contribution in [2.45, 2.75) is 247 Å². The van der Waals surface area contributed by atoms with Crippen LogP contribution in [0.4, 0.5) is 0 Å². The molecule has 0 aromatic carbocycles. The number of hydrogen-bond donors (Lipinski definition) is 1. The molecule has 1 amide bonds. The molecule has 0 radical (unpaired) electrons. The van der Waals surface area contributed by atoms with Crippen molar-refractivity contribution < 1.29 is 4.79 Å². The van der Waals surface area contributed by atoms with Gasteiger partial charge in [-0.05, 0) is 50.7 Å². The van der Waals surface area contributed by atoms with E-state index < -0.39 is 0 Å². The number of rotatable bonds is 40. The third-order valence-electron chi connectivity index (χ3n) is 11.0. The first-order valence-electron chi connectivity index (χ1n) is 22.5. The van der Waals surface area contributed by atoms with Gasteiger partial charge in [-0.15, -0.1) is 0 Å². The SMILES string of the molecule is CCCCCCCCC(CCC)CCCCCCCN(CCCCCCCC(CCCCCC)CCCCCCC)CCCNC(C)=O. The maximum Gasteiger partial charge on any atom is 0.216 e. The quantitative estimate of drug-likeness (QED) is 0.0655. The number of amides is 1. The van der Waals surface area contributed by atoms with E-state index in [1.807, 2.05) is 0 Å². The van der Waals surface area contributed by atoms with E-state index in [4.69, 9.17) is 0 Å². The standard InChI is InChI=1S/C45H92N2O/c1-6-10-13-16-20-27-34-44(33-9-4)35-28-21-17-23-30-40-47(42-32-39-46-43(5)48)41-31-24-18-22-29-38-45(36-25-15-12-8-3)37-26-19-14-11-7-2/h44-45H,6-42H2,1-5H3,(H,46,48). The summed E-state index contributed by atoms with van der Waals surface area (Å²) in [5.74, 6) is 2.08. The van der Waals surface area contributed by atoms with Gasteiger partial charge < -0.3 is 10.2 Å². The summed E-state index contributed by atoms with van der Waals surface area (Å²) >= 11 is 0. The molecule has 0 heterocycles. The van der Waals surface area contributed by atoms with E-state index in [0.29, 0.717) is 0 Å². The van der Waals surface area contributed by atoms with Crippen molar-refractivity contribution in [3.63, 3.8) is 0 Å². The second-order valence-electron chi connectivity index (χ2n) is 15.9. The fourth-order valence-electron chi connectivity index (χ4n) is 7.88. The van der Waals surface area contributed by atoms with E-state index in [1.165, 1.54) is 219 Å². The number of nitrogens with one attached hydrogen (secondary N) is 1. The third-order valence-corrected chi connectivity index (χ3v) is 11.0. The highest BCUT2D eigenvalue weighted by atomic mass is 16.1. The van der Waals surface area contributed by atoms with E-state index in [-0.39, 0.29) is 5.91 Å². The molecule has 1 N–H and O–H groups in total. The Balaban J connectivity index is 4.26. The number of carbonyl (C=O) groups excluding carboxylic acids is 1. The molecular weight excluding hydrogens is 585 g/mol. The molecule has 48 heavy (non-hydrogen) atoms. The van der Waals surface area contributed by atoms with E-state index >= 15 is 0 Å². The molecule has 0 spiro atoms. The van der Waals surface area contributed by atoms with Gasteiger partial charge in [0.2, 0.25) is 5.91 Å². The van der Waals surface area contributed by atoms with Crippen molar-refractivity contribution in [1.82, 2.24) is 10.2 Å². The van der Waals surface area contributed by atoms with Gasteiger partial charge in [-0.25, -0.2) is 0 Å². The lowest BCUT2D eigenvalue weighted by Gasteiger charge is -2.22. The van der Waals surface area contributed by atoms with Crippen molar-refractivity contribution in [1.29, 1.82) is 0 Å². The van der Waals surface area contributed by atoms with Gasteiger partial charge in [-0.2, -0.15) is 0 Å². The van der Waals surface area contributed by atoms with Gasteiger partial charge in [-0.3, -0.25) is 4.79 Å². The largest absolute Gasteiger partial charge is 0.356 e. The minimum Gasteiger partial charge on any atom is -0.356 e. The second-order valence-corrected chi connectivity index (χ2v) is 15.9. The molecule has 0 aromatic heterocycles. The lowest BCUT2D eigenvalue weighted by molar-refractivity contribution is -0.118. The molecule has 0 fully saturated rings. The van der Waals surface area contributed by atoms with Crippen LogP contribution < -0.4 is 5.32 Å². The molecule has 288 valence electrons. The van der Waals surface area contributed by atoms with Gasteiger partial charge in [0.15, 0.2) is 0 Å². The Labute approximate surface area is 304 Å². The first-order chi connectivity index (χ1) is 23.6. The van der Waals surface area contributed by atoms with Gasteiger partial charge >= 0.3 is 0 Å².